The number of hydrogen-bond acceptors (Lipinski definition) is 3. The quantitative estimate of drug-likeness (QED) is 0.140. The lowest BCUT2D eigenvalue weighted by Gasteiger charge is -2.23. The van der Waals surface area contributed by atoms with Gasteiger partial charge >= 0.3 is 0 Å². The summed E-state index contributed by atoms with van der Waals surface area (Å²) in [5, 5.41) is 0. The summed E-state index contributed by atoms with van der Waals surface area (Å²) in [6.07, 6.45) is 0. The first-order chi connectivity index (χ1) is 15.7. The fraction of sp³-hybridized carbons (Fsp3) is 0.217. The molecule has 0 N–H and O–H groups in total. The number of rotatable bonds is 6. The molecular weight excluding hydrogens is 931 g/mol. The van der Waals surface area contributed by atoms with Gasteiger partial charge < -0.3 is 14.2 Å². The van der Waals surface area contributed by atoms with Crippen LogP contribution in [0.5, 0.6) is 17.2 Å². The second kappa shape index (κ2) is 13.8. The lowest BCUT2D eigenvalue weighted by molar-refractivity contribution is 0.409. The Balaban J connectivity index is 0.00000187. The van der Waals surface area contributed by atoms with Gasteiger partial charge in [-0.1, -0.05) is 22.6 Å². The van der Waals surface area contributed by atoms with E-state index in [0.717, 1.165) is 60.8 Å². The van der Waals surface area contributed by atoms with E-state index in [0.29, 0.717) is 0 Å². The van der Waals surface area contributed by atoms with E-state index < -0.39 is 0 Å². The zero-order chi connectivity index (χ0) is 24.9. The van der Waals surface area contributed by atoms with Crippen LogP contribution in [0.2, 0.25) is 0 Å². The van der Waals surface area contributed by atoms with Crippen molar-refractivity contribution in [3.63, 3.8) is 0 Å². The first kappa shape index (κ1) is 29.9. The van der Waals surface area contributed by atoms with E-state index in [2.05, 4.69) is 155 Å². The average molecular weight is 950 g/mol. The van der Waals surface area contributed by atoms with E-state index in [1.807, 2.05) is 4.93 Å². The molecule has 3 nitrogen and oxygen atoms in total. The van der Waals surface area contributed by atoms with Gasteiger partial charge in [0.2, 0.25) is 0 Å². The summed E-state index contributed by atoms with van der Waals surface area (Å²) < 4.78 is 21.7. The minimum atomic E-state index is -0.0875. The molecule has 0 amide bonds. The molecule has 3 aromatic rings. The lowest BCUT2D eigenvalue weighted by atomic mass is 9.85. The molecule has 0 radical (unpaired) electrons. The van der Waals surface area contributed by atoms with Crippen molar-refractivity contribution in [1.82, 2.24) is 0 Å². The van der Waals surface area contributed by atoms with Crippen molar-refractivity contribution >= 4 is 118 Å². The normalized spacial score (nSPS) is 10.5. The molecule has 3 aromatic carbocycles. The summed E-state index contributed by atoms with van der Waals surface area (Å²) in [7, 11) is 4.95. The summed E-state index contributed by atoms with van der Waals surface area (Å²) in [4.78, 5) is 1.97. The molecule has 0 aliphatic rings. The number of alkyl halides is 1. The van der Waals surface area contributed by atoms with Gasteiger partial charge in [-0.05, 0) is 154 Å². The topological polar surface area (TPSA) is 27.7 Å². The maximum absolute atomic E-state index is 5.50. The molecular formula is C23H19Br6IO3. The third-order valence-corrected chi connectivity index (χ3v) is 8.21. The van der Waals surface area contributed by atoms with Gasteiger partial charge in [-0.2, -0.15) is 0 Å². The number of benzene rings is 3. The van der Waals surface area contributed by atoms with Crippen LogP contribution in [0.4, 0.5) is 0 Å². The molecule has 0 atom stereocenters. The number of halogens is 7. The number of hydrogen-bond donors (Lipinski definition) is 0. The van der Waals surface area contributed by atoms with Gasteiger partial charge in [-0.15, -0.1) is 0 Å². The van der Waals surface area contributed by atoms with Crippen LogP contribution in [0.1, 0.15) is 22.6 Å². The van der Waals surface area contributed by atoms with Crippen LogP contribution >= 0.6 is 118 Å². The highest BCUT2D eigenvalue weighted by Crippen LogP contribution is 2.46. The monoisotopic (exact) mass is 944 g/mol. The van der Waals surface area contributed by atoms with E-state index >= 15 is 0 Å². The van der Waals surface area contributed by atoms with Gasteiger partial charge in [-0.25, -0.2) is 0 Å². The van der Waals surface area contributed by atoms with E-state index in [4.69, 9.17) is 14.2 Å². The van der Waals surface area contributed by atoms with Crippen molar-refractivity contribution in [2.75, 3.05) is 26.3 Å². The maximum Gasteiger partial charge on any atom is 0.147 e. The average Bonchev–Trinajstić information content (AvgIpc) is 2.75. The minimum Gasteiger partial charge on any atom is -0.494 e. The molecule has 0 aliphatic heterocycles. The van der Waals surface area contributed by atoms with Crippen molar-refractivity contribution < 1.29 is 14.2 Å². The second-order valence-electron chi connectivity index (χ2n) is 6.49. The summed E-state index contributed by atoms with van der Waals surface area (Å²) in [6.45, 7) is 0. The van der Waals surface area contributed by atoms with Crippen LogP contribution in [-0.2, 0) is 0 Å². The molecule has 0 heterocycles. The maximum atomic E-state index is 5.50. The fourth-order valence-electron chi connectivity index (χ4n) is 3.40. The van der Waals surface area contributed by atoms with Crippen molar-refractivity contribution in [2.45, 2.75) is 5.92 Å². The standard InChI is InChI=1S/C22H16Br6O3.CH3I/c1-29-20-13(23)4-10(5-14(20)24)19(11-6-15(25)21(30-2)16(26)7-11)12-8-17(27)22(31-3)18(28)9-12;1-2/h4-9,19H,1-3H3;1H3. The SMILES string of the molecule is CI.COc1c(Br)cc(C(c2cc(Br)c(OC)c(Br)c2)c2cc(Br)c(OC)c(Br)c2)cc1Br. The third kappa shape index (κ3) is 6.91. The van der Waals surface area contributed by atoms with Gasteiger partial charge in [0, 0.05) is 5.92 Å². The zero-order valence-electron chi connectivity index (χ0n) is 17.9. The molecule has 0 unspecified atom stereocenters. The van der Waals surface area contributed by atoms with Crippen LogP contribution in [-0.4, -0.2) is 26.3 Å². The smallest absolute Gasteiger partial charge is 0.147 e. The molecule has 0 saturated carbocycles. The van der Waals surface area contributed by atoms with Crippen molar-refractivity contribution in [1.29, 1.82) is 0 Å². The van der Waals surface area contributed by atoms with E-state index in [-0.39, 0.29) is 5.92 Å². The Morgan fingerprint density at radius 2 is 0.667 bits per heavy atom. The van der Waals surface area contributed by atoms with E-state index in [1.54, 1.807) is 21.3 Å². The molecule has 3 rings (SSSR count). The molecule has 0 fully saturated rings. The Kier molecular flexibility index (Phi) is 12.5. The first-order valence-corrected chi connectivity index (χ1v) is 16.1. The fourth-order valence-corrected chi connectivity index (χ4v) is 8.04. The summed E-state index contributed by atoms with van der Waals surface area (Å²) >= 11 is 24.0. The van der Waals surface area contributed by atoms with Gasteiger partial charge in [-0.3, -0.25) is 0 Å². The molecule has 10 heteroatoms. The van der Waals surface area contributed by atoms with Gasteiger partial charge in [0.15, 0.2) is 0 Å². The second-order valence-corrected chi connectivity index (χ2v) is 11.6. The van der Waals surface area contributed by atoms with E-state index in [9.17, 15) is 0 Å². The van der Waals surface area contributed by atoms with Crippen molar-refractivity contribution in [3.8, 4) is 17.2 Å². The summed E-state index contributed by atoms with van der Waals surface area (Å²) in [6, 6.07) is 12.5. The predicted molar refractivity (Wildman–Crippen MR) is 166 cm³/mol. The highest BCUT2D eigenvalue weighted by molar-refractivity contribution is 14.1. The largest absolute Gasteiger partial charge is 0.494 e. The van der Waals surface area contributed by atoms with Crippen molar-refractivity contribution in [3.05, 3.63) is 79.9 Å². The summed E-state index contributed by atoms with van der Waals surface area (Å²) in [5.41, 5.74) is 3.23. The van der Waals surface area contributed by atoms with Gasteiger partial charge in [0.05, 0.1) is 48.2 Å². The molecule has 178 valence electrons. The van der Waals surface area contributed by atoms with Crippen LogP contribution in [0, 0.1) is 0 Å². The molecule has 0 aromatic heterocycles. The Morgan fingerprint density at radius 1 is 0.485 bits per heavy atom. The number of methoxy groups -OCH3 is 3. The predicted octanol–water partition coefficient (Wildman–Crippen LogP) is 10.5. The minimum absolute atomic E-state index is 0.0875. The van der Waals surface area contributed by atoms with Crippen LogP contribution in [0.25, 0.3) is 0 Å². The summed E-state index contributed by atoms with van der Waals surface area (Å²) in [5.74, 6) is 2.15. The molecule has 0 bridgehead atoms. The highest BCUT2D eigenvalue weighted by Gasteiger charge is 2.24. The van der Waals surface area contributed by atoms with Gasteiger partial charge in [0.25, 0.3) is 0 Å². The molecule has 33 heavy (non-hydrogen) atoms. The molecule has 0 spiro atoms. The zero-order valence-corrected chi connectivity index (χ0v) is 29.6. The van der Waals surface area contributed by atoms with Crippen molar-refractivity contribution in [2.24, 2.45) is 0 Å². The molecule has 0 aliphatic carbocycles. The van der Waals surface area contributed by atoms with E-state index in [1.165, 1.54) is 0 Å². The third-order valence-electron chi connectivity index (χ3n) is 4.67. The highest BCUT2D eigenvalue weighted by atomic mass is 127. The van der Waals surface area contributed by atoms with Crippen LogP contribution < -0.4 is 14.2 Å². The lowest BCUT2D eigenvalue weighted by Crippen LogP contribution is -2.06. The van der Waals surface area contributed by atoms with Gasteiger partial charge in [0.1, 0.15) is 17.2 Å². The Hall–Kier alpha value is 0.670. The van der Waals surface area contributed by atoms with Crippen LogP contribution in [0.3, 0.4) is 0 Å². The first-order valence-electron chi connectivity index (χ1n) is 9.18. The van der Waals surface area contributed by atoms with Crippen LogP contribution in [0.15, 0.2) is 63.2 Å². The Bertz CT molecular complexity index is 929. The molecule has 0 saturated heterocycles. The Labute approximate surface area is 258 Å². The Morgan fingerprint density at radius 3 is 0.818 bits per heavy atom. The number of ether oxygens (including phenoxy) is 3.